The molecule has 5 nitrogen and oxygen atoms in total. The van der Waals surface area contributed by atoms with Gasteiger partial charge >= 0.3 is 5.97 Å². The minimum Gasteiger partial charge on any atom is -0.480 e. The summed E-state index contributed by atoms with van der Waals surface area (Å²) < 4.78 is 22.7. The number of benzene rings is 1. The Morgan fingerprint density at radius 2 is 1.95 bits per heavy atom. The zero-order valence-electron chi connectivity index (χ0n) is 10.4. The maximum absolute atomic E-state index is 11.4. The number of carboxylic acid groups (broad SMARTS) is 1. The Morgan fingerprint density at radius 1 is 1.32 bits per heavy atom. The van der Waals surface area contributed by atoms with Gasteiger partial charge in [0.15, 0.2) is 9.84 Å². The Morgan fingerprint density at radius 3 is 2.47 bits per heavy atom. The molecule has 1 aliphatic rings. The standard InChI is InChI=1S/C12H15NO4S2/c1-19(16,17)9-4-2-8(3-5-9)10-6-18-7-11(13-10)12(14)15/h2-5,10-11,13H,6-7H2,1H3,(H,14,15). The lowest BCUT2D eigenvalue weighted by Crippen LogP contribution is -2.45. The van der Waals surface area contributed by atoms with E-state index in [2.05, 4.69) is 5.32 Å². The van der Waals surface area contributed by atoms with Crippen LogP contribution in [0.5, 0.6) is 0 Å². The van der Waals surface area contributed by atoms with E-state index >= 15 is 0 Å². The second-order valence-electron chi connectivity index (χ2n) is 4.49. The van der Waals surface area contributed by atoms with Crippen LogP contribution in [0.25, 0.3) is 0 Å². The summed E-state index contributed by atoms with van der Waals surface area (Å²) >= 11 is 1.58. The number of sulfone groups is 1. The van der Waals surface area contributed by atoms with Crippen LogP contribution in [0.3, 0.4) is 0 Å². The summed E-state index contributed by atoms with van der Waals surface area (Å²) in [4.78, 5) is 11.2. The Balaban J connectivity index is 2.16. The average Bonchev–Trinajstić information content (AvgIpc) is 2.38. The van der Waals surface area contributed by atoms with Crippen LogP contribution >= 0.6 is 11.8 Å². The molecule has 1 saturated heterocycles. The lowest BCUT2D eigenvalue weighted by atomic mass is 10.1. The minimum absolute atomic E-state index is 0.0616. The maximum atomic E-state index is 11.4. The molecule has 0 spiro atoms. The van der Waals surface area contributed by atoms with Crippen LogP contribution in [0.15, 0.2) is 29.2 Å². The number of hydrogen-bond acceptors (Lipinski definition) is 5. The highest BCUT2D eigenvalue weighted by molar-refractivity contribution is 7.99. The molecule has 7 heteroatoms. The molecule has 0 aliphatic carbocycles. The fraction of sp³-hybridized carbons (Fsp3) is 0.417. The third-order valence-corrected chi connectivity index (χ3v) is 5.25. The van der Waals surface area contributed by atoms with Gasteiger partial charge in [0, 0.05) is 23.8 Å². The van der Waals surface area contributed by atoms with E-state index in [0.717, 1.165) is 17.6 Å². The van der Waals surface area contributed by atoms with Crippen molar-refractivity contribution in [1.82, 2.24) is 5.32 Å². The first kappa shape index (κ1) is 14.4. The molecular formula is C12H15NO4S2. The van der Waals surface area contributed by atoms with E-state index in [9.17, 15) is 13.2 Å². The van der Waals surface area contributed by atoms with Gasteiger partial charge in [-0.05, 0) is 17.7 Å². The molecule has 0 saturated carbocycles. The molecule has 1 heterocycles. The fourth-order valence-electron chi connectivity index (χ4n) is 1.93. The lowest BCUT2D eigenvalue weighted by Gasteiger charge is -2.28. The van der Waals surface area contributed by atoms with Crippen molar-refractivity contribution < 1.29 is 18.3 Å². The SMILES string of the molecule is CS(=O)(=O)c1ccc(C2CSCC(C(=O)O)N2)cc1. The Bertz CT molecular complexity index is 568. The summed E-state index contributed by atoms with van der Waals surface area (Å²) in [5.74, 6) is 0.472. The van der Waals surface area contributed by atoms with Crippen LogP contribution < -0.4 is 5.32 Å². The van der Waals surface area contributed by atoms with E-state index in [1.807, 2.05) is 0 Å². The summed E-state index contributed by atoms with van der Waals surface area (Å²) in [5.41, 5.74) is 0.908. The summed E-state index contributed by atoms with van der Waals surface area (Å²) in [6.07, 6.45) is 1.16. The molecule has 19 heavy (non-hydrogen) atoms. The molecule has 1 aliphatic heterocycles. The van der Waals surface area contributed by atoms with E-state index in [1.165, 1.54) is 0 Å². The quantitative estimate of drug-likeness (QED) is 0.864. The molecule has 2 atom stereocenters. The molecule has 0 aromatic heterocycles. The number of carboxylic acids is 1. The third kappa shape index (κ3) is 3.49. The molecule has 1 aromatic carbocycles. The highest BCUT2D eigenvalue weighted by Crippen LogP contribution is 2.25. The van der Waals surface area contributed by atoms with Gasteiger partial charge in [-0.25, -0.2) is 8.42 Å². The van der Waals surface area contributed by atoms with Gasteiger partial charge in [0.1, 0.15) is 6.04 Å². The largest absolute Gasteiger partial charge is 0.480 e. The van der Waals surface area contributed by atoms with Gasteiger partial charge in [0.05, 0.1) is 4.90 Å². The number of rotatable bonds is 3. The molecule has 0 amide bonds. The van der Waals surface area contributed by atoms with Crippen LogP contribution in [0.2, 0.25) is 0 Å². The number of nitrogens with one attached hydrogen (secondary N) is 1. The topological polar surface area (TPSA) is 83.5 Å². The Kier molecular flexibility index (Phi) is 4.17. The maximum Gasteiger partial charge on any atom is 0.321 e. The lowest BCUT2D eigenvalue weighted by molar-refractivity contribution is -0.139. The number of carbonyl (C=O) groups is 1. The van der Waals surface area contributed by atoms with E-state index in [-0.39, 0.29) is 10.9 Å². The van der Waals surface area contributed by atoms with Gasteiger partial charge in [-0.3, -0.25) is 10.1 Å². The molecule has 104 valence electrons. The van der Waals surface area contributed by atoms with Crippen molar-refractivity contribution in [2.45, 2.75) is 17.0 Å². The molecule has 2 N–H and O–H groups in total. The minimum atomic E-state index is -3.19. The van der Waals surface area contributed by atoms with Gasteiger partial charge in [-0.15, -0.1) is 0 Å². The first-order valence-corrected chi connectivity index (χ1v) is 8.79. The van der Waals surface area contributed by atoms with Gasteiger partial charge in [0.2, 0.25) is 0 Å². The second kappa shape index (κ2) is 5.52. The van der Waals surface area contributed by atoms with Crippen LogP contribution in [0, 0.1) is 0 Å². The molecule has 2 rings (SSSR count). The molecular weight excluding hydrogens is 286 g/mol. The molecule has 0 radical (unpaired) electrons. The van der Waals surface area contributed by atoms with E-state index < -0.39 is 21.8 Å². The molecule has 1 aromatic rings. The van der Waals surface area contributed by atoms with Crippen molar-refractivity contribution in [2.24, 2.45) is 0 Å². The van der Waals surface area contributed by atoms with E-state index in [0.29, 0.717) is 5.75 Å². The predicted octanol–water partition coefficient (Wildman–Crippen LogP) is 0.921. The van der Waals surface area contributed by atoms with Gasteiger partial charge in [0.25, 0.3) is 0 Å². The van der Waals surface area contributed by atoms with Crippen molar-refractivity contribution in [2.75, 3.05) is 17.8 Å². The van der Waals surface area contributed by atoms with Crippen molar-refractivity contribution >= 4 is 27.6 Å². The van der Waals surface area contributed by atoms with Gasteiger partial charge in [-0.1, -0.05) is 12.1 Å². The van der Waals surface area contributed by atoms with Crippen molar-refractivity contribution in [3.05, 3.63) is 29.8 Å². The smallest absolute Gasteiger partial charge is 0.321 e. The number of hydrogen-bond donors (Lipinski definition) is 2. The van der Waals surface area contributed by atoms with E-state index in [1.54, 1.807) is 36.0 Å². The summed E-state index contributed by atoms with van der Waals surface area (Å²) in [6, 6.07) is 5.97. The van der Waals surface area contributed by atoms with Crippen LogP contribution in [-0.2, 0) is 14.6 Å². The monoisotopic (exact) mass is 301 g/mol. The van der Waals surface area contributed by atoms with Crippen molar-refractivity contribution in [3.63, 3.8) is 0 Å². The Labute approximate surface area is 116 Å². The van der Waals surface area contributed by atoms with E-state index in [4.69, 9.17) is 5.11 Å². The average molecular weight is 301 g/mol. The fourth-order valence-corrected chi connectivity index (χ4v) is 3.69. The Hall–Kier alpha value is -1.05. The number of thioether (sulfide) groups is 1. The second-order valence-corrected chi connectivity index (χ2v) is 7.58. The normalized spacial score (nSPS) is 24.1. The zero-order chi connectivity index (χ0) is 14.0. The molecule has 0 bridgehead atoms. The first-order valence-electron chi connectivity index (χ1n) is 5.74. The van der Waals surface area contributed by atoms with Crippen LogP contribution in [0.4, 0.5) is 0 Å². The molecule has 2 unspecified atom stereocenters. The highest BCUT2D eigenvalue weighted by Gasteiger charge is 2.27. The predicted molar refractivity (Wildman–Crippen MR) is 74.2 cm³/mol. The highest BCUT2D eigenvalue weighted by atomic mass is 32.2. The van der Waals surface area contributed by atoms with Crippen molar-refractivity contribution in [3.8, 4) is 0 Å². The number of aliphatic carboxylic acids is 1. The zero-order valence-corrected chi connectivity index (χ0v) is 12.0. The summed E-state index contributed by atoms with van der Waals surface area (Å²) in [6.45, 7) is 0. The molecule has 1 fully saturated rings. The van der Waals surface area contributed by atoms with Crippen LogP contribution in [-0.4, -0.2) is 43.3 Å². The third-order valence-electron chi connectivity index (χ3n) is 2.98. The van der Waals surface area contributed by atoms with Crippen molar-refractivity contribution in [1.29, 1.82) is 0 Å². The summed E-state index contributed by atoms with van der Waals surface area (Å²) in [7, 11) is -3.19. The van der Waals surface area contributed by atoms with Gasteiger partial charge < -0.3 is 5.11 Å². The van der Waals surface area contributed by atoms with Gasteiger partial charge in [-0.2, -0.15) is 11.8 Å². The summed E-state index contributed by atoms with van der Waals surface area (Å²) in [5, 5.41) is 12.1. The van der Waals surface area contributed by atoms with Crippen LogP contribution in [0.1, 0.15) is 11.6 Å². The first-order chi connectivity index (χ1) is 8.88.